The van der Waals surface area contributed by atoms with Crippen molar-refractivity contribution in [3.05, 3.63) is 93.3 Å². The summed E-state index contributed by atoms with van der Waals surface area (Å²) in [6.07, 6.45) is 3.83. The number of hydrogen-bond donors (Lipinski definition) is 1. The third-order valence-electron chi connectivity index (χ3n) is 7.61. The molecule has 1 amide bonds. The minimum Gasteiger partial charge on any atom is -0.462 e. The number of anilines is 1. The van der Waals surface area contributed by atoms with Crippen LogP contribution in [0.15, 0.2) is 71.1 Å². The van der Waals surface area contributed by atoms with Crippen molar-refractivity contribution in [3.63, 3.8) is 0 Å². The number of carbonyl (C=O) groups is 2. The van der Waals surface area contributed by atoms with Gasteiger partial charge in [-0.3, -0.25) is 4.79 Å². The summed E-state index contributed by atoms with van der Waals surface area (Å²) in [5.74, 6) is 0.997. The second kappa shape index (κ2) is 11.5. The molecule has 0 saturated heterocycles. The maximum atomic E-state index is 13.9. The average molecular weight is 585 g/mol. The molecule has 1 atom stereocenters. The van der Waals surface area contributed by atoms with Crippen LogP contribution in [0, 0.1) is 5.92 Å². The first-order valence-electron chi connectivity index (χ1n) is 13.8. The van der Waals surface area contributed by atoms with Gasteiger partial charge < -0.3 is 14.5 Å². The maximum absolute atomic E-state index is 13.9. The fraction of sp³-hybridized carbons (Fsp3) is 0.242. The molecule has 208 valence electrons. The first-order valence-corrected chi connectivity index (χ1v) is 15.0. The number of rotatable bonds is 7. The van der Waals surface area contributed by atoms with Crippen molar-refractivity contribution in [2.45, 2.75) is 39.5 Å². The van der Waals surface area contributed by atoms with Crippen LogP contribution in [0.3, 0.4) is 0 Å². The molecular weight excluding hydrogens is 556 g/mol. The molecule has 6 nitrogen and oxygen atoms in total. The molecule has 5 aromatic rings. The van der Waals surface area contributed by atoms with Crippen LogP contribution in [0.25, 0.3) is 33.7 Å². The minimum absolute atomic E-state index is 0.270. The summed E-state index contributed by atoms with van der Waals surface area (Å²) in [5, 5.41) is 4.90. The van der Waals surface area contributed by atoms with Crippen LogP contribution in [0.1, 0.15) is 57.8 Å². The van der Waals surface area contributed by atoms with E-state index in [1.165, 1.54) is 11.3 Å². The summed E-state index contributed by atoms with van der Waals surface area (Å²) in [7, 11) is 0. The number of hydrogen-bond acceptors (Lipinski definition) is 6. The molecule has 0 radical (unpaired) electrons. The highest BCUT2D eigenvalue weighted by molar-refractivity contribution is 7.17. The van der Waals surface area contributed by atoms with Gasteiger partial charge in [0.05, 0.1) is 28.3 Å². The number of carbonyl (C=O) groups excluding carboxylic acids is 2. The number of nitrogens with zero attached hydrogens (tertiary/aromatic N) is 1. The third-order valence-corrected chi connectivity index (χ3v) is 9.11. The fourth-order valence-corrected chi connectivity index (χ4v) is 7.03. The van der Waals surface area contributed by atoms with Crippen molar-refractivity contribution >= 4 is 50.7 Å². The van der Waals surface area contributed by atoms with Crippen molar-refractivity contribution in [2.24, 2.45) is 5.92 Å². The van der Waals surface area contributed by atoms with E-state index in [9.17, 15) is 9.59 Å². The SMILES string of the molecule is CCOC(=O)c1c(NC(=O)c2cc(-c3ccc(-c4ccccc4Cl)o3)nc3ccccc23)sc2c1CCC(CC)C2. The number of esters is 1. The second-order valence-electron chi connectivity index (χ2n) is 10.1. The molecule has 3 heterocycles. The van der Waals surface area contributed by atoms with E-state index in [4.69, 9.17) is 25.7 Å². The minimum atomic E-state index is -0.391. The summed E-state index contributed by atoms with van der Waals surface area (Å²) in [6, 6.07) is 20.4. The number of nitrogens with one attached hydrogen (secondary N) is 1. The van der Waals surface area contributed by atoms with Crippen molar-refractivity contribution in [1.82, 2.24) is 4.98 Å². The van der Waals surface area contributed by atoms with E-state index in [1.54, 1.807) is 13.0 Å². The molecule has 0 fully saturated rings. The lowest BCUT2D eigenvalue weighted by Gasteiger charge is -2.20. The average Bonchev–Trinajstić information content (AvgIpc) is 3.61. The maximum Gasteiger partial charge on any atom is 0.341 e. The normalized spacial score (nSPS) is 14.6. The largest absolute Gasteiger partial charge is 0.462 e. The van der Waals surface area contributed by atoms with Crippen LogP contribution in [0.5, 0.6) is 0 Å². The monoisotopic (exact) mass is 584 g/mol. The van der Waals surface area contributed by atoms with Crippen molar-refractivity contribution in [2.75, 3.05) is 11.9 Å². The Kier molecular flexibility index (Phi) is 7.65. The molecule has 0 aliphatic heterocycles. The summed E-state index contributed by atoms with van der Waals surface area (Å²) in [6.45, 7) is 4.26. The number of pyridine rings is 1. The van der Waals surface area contributed by atoms with Crippen molar-refractivity contribution in [3.8, 4) is 22.8 Å². The zero-order chi connectivity index (χ0) is 28.5. The Bertz CT molecular complexity index is 1770. The molecule has 1 aliphatic rings. The fourth-order valence-electron chi connectivity index (χ4n) is 5.45. The van der Waals surface area contributed by atoms with Crippen LogP contribution in [0.2, 0.25) is 5.02 Å². The van der Waals surface area contributed by atoms with E-state index in [0.717, 1.165) is 41.7 Å². The number of furan rings is 1. The van der Waals surface area contributed by atoms with Gasteiger partial charge in [-0.1, -0.05) is 55.3 Å². The Hall–Kier alpha value is -3.94. The predicted octanol–water partition coefficient (Wildman–Crippen LogP) is 8.82. The zero-order valence-corrected chi connectivity index (χ0v) is 24.4. The Morgan fingerprint density at radius 3 is 2.66 bits per heavy atom. The highest BCUT2D eigenvalue weighted by Crippen LogP contribution is 2.41. The van der Waals surface area contributed by atoms with Gasteiger partial charge in [0.15, 0.2) is 5.76 Å². The van der Waals surface area contributed by atoms with Crippen LogP contribution in [-0.2, 0) is 17.6 Å². The van der Waals surface area contributed by atoms with E-state index in [-0.39, 0.29) is 12.5 Å². The van der Waals surface area contributed by atoms with E-state index in [0.29, 0.717) is 55.2 Å². The number of benzene rings is 2. The molecule has 1 aliphatic carbocycles. The molecule has 1 N–H and O–H groups in total. The lowest BCUT2D eigenvalue weighted by atomic mass is 9.85. The summed E-state index contributed by atoms with van der Waals surface area (Å²) >= 11 is 7.87. The molecule has 0 bridgehead atoms. The van der Waals surface area contributed by atoms with Crippen molar-refractivity contribution < 1.29 is 18.7 Å². The van der Waals surface area contributed by atoms with Gasteiger partial charge in [0.2, 0.25) is 0 Å². The Morgan fingerprint density at radius 2 is 1.85 bits per heavy atom. The first-order chi connectivity index (χ1) is 20.0. The smallest absolute Gasteiger partial charge is 0.341 e. The van der Waals surface area contributed by atoms with Gasteiger partial charge in [-0.05, 0) is 74.1 Å². The quantitative estimate of drug-likeness (QED) is 0.193. The molecule has 3 aromatic heterocycles. The molecule has 1 unspecified atom stereocenters. The summed E-state index contributed by atoms with van der Waals surface area (Å²) in [4.78, 5) is 32.9. The number of halogens is 1. The second-order valence-corrected chi connectivity index (χ2v) is 11.6. The molecule has 8 heteroatoms. The number of ether oxygens (including phenoxy) is 1. The van der Waals surface area contributed by atoms with Crippen molar-refractivity contribution in [1.29, 1.82) is 0 Å². The zero-order valence-electron chi connectivity index (χ0n) is 22.8. The van der Waals surface area contributed by atoms with E-state index < -0.39 is 5.97 Å². The topological polar surface area (TPSA) is 81.4 Å². The molecule has 6 rings (SSSR count). The number of para-hydroxylation sites is 1. The van der Waals surface area contributed by atoms with E-state index >= 15 is 0 Å². The van der Waals surface area contributed by atoms with Gasteiger partial charge in [0.1, 0.15) is 16.5 Å². The Balaban J connectivity index is 1.39. The number of aromatic nitrogens is 1. The highest BCUT2D eigenvalue weighted by atomic mass is 35.5. The molecule has 41 heavy (non-hydrogen) atoms. The number of fused-ring (bicyclic) bond motifs is 2. The first kappa shape index (κ1) is 27.2. The molecular formula is C33H29ClN2O4S. The summed E-state index contributed by atoms with van der Waals surface area (Å²) < 4.78 is 11.6. The lowest BCUT2D eigenvalue weighted by Crippen LogP contribution is -2.17. The Morgan fingerprint density at radius 1 is 1.07 bits per heavy atom. The summed E-state index contributed by atoms with van der Waals surface area (Å²) in [5.41, 5.74) is 3.90. The standard InChI is InChI=1S/C33H29ClN2O4S/c1-3-19-13-14-22-29(17-19)41-32(30(22)33(38)39-4-2)36-31(37)23-18-26(35-25-12-8-6-9-20(23)25)28-16-15-27(40-28)21-10-5-7-11-24(21)34/h5-12,15-16,18-19H,3-4,13-14,17H2,1-2H3,(H,36,37). The highest BCUT2D eigenvalue weighted by Gasteiger charge is 2.30. The molecule has 0 saturated carbocycles. The number of amides is 1. The van der Waals surface area contributed by atoms with Crippen LogP contribution in [0.4, 0.5) is 5.00 Å². The van der Waals surface area contributed by atoms with Gasteiger partial charge in [-0.15, -0.1) is 11.3 Å². The van der Waals surface area contributed by atoms with Gasteiger partial charge in [-0.2, -0.15) is 0 Å². The third kappa shape index (κ3) is 5.27. The number of thiophene rings is 1. The van der Waals surface area contributed by atoms with E-state index in [2.05, 4.69) is 12.2 Å². The molecule has 2 aromatic carbocycles. The van der Waals surface area contributed by atoms with E-state index in [1.807, 2.05) is 60.7 Å². The van der Waals surface area contributed by atoms with Gasteiger partial charge in [0.25, 0.3) is 5.91 Å². The predicted molar refractivity (Wildman–Crippen MR) is 164 cm³/mol. The van der Waals surface area contributed by atoms with Gasteiger partial charge >= 0.3 is 5.97 Å². The lowest BCUT2D eigenvalue weighted by molar-refractivity contribution is 0.0526. The van der Waals surface area contributed by atoms with Gasteiger partial charge in [0, 0.05) is 15.8 Å². The molecule has 0 spiro atoms. The van der Waals surface area contributed by atoms with Crippen LogP contribution in [-0.4, -0.2) is 23.5 Å². The Labute approximate surface area is 247 Å². The van der Waals surface area contributed by atoms with Crippen LogP contribution >= 0.6 is 22.9 Å². The van der Waals surface area contributed by atoms with Crippen LogP contribution < -0.4 is 5.32 Å². The van der Waals surface area contributed by atoms with Gasteiger partial charge in [-0.25, -0.2) is 9.78 Å².